The summed E-state index contributed by atoms with van der Waals surface area (Å²) < 4.78 is 10.2. The molecule has 1 rings (SSSR count). The first kappa shape index (κ1) is 16.9. The third-order valence-corrected chi connectivity index (χ3v) is 2.54. The molecule has 7 heteroatoms. The summed E-state index contributed by atoms with van der Waals surface area (Å²) in [6.07, 6.45) is 0. The van der Waals surface area contributed by atoms with E-state index in [4.69, 9.17) is 14.6 Å². The Hall–Kier alpha value is -2.12. The van der Waals surface area contributed by atoms with Gasteiger partial charge < -0.3 is 25.2 Å². The molecule has 7 nitrogen and oxygen atoms in total. The normalized spacial score (nSPS) is 10.1. The number of aromatic carboxylic acids is 1. The summed E-state index contributed by atoms with van der Waals surface area (Å²) in [6, 6.07) is 6.26. The van der Waals surface area contributed by atoms with Crippen molar-refractivity contribution in [1.82, 2.24) is 10.6 Å². The van der Waals surface area contributed by atoms with Crippen LogP contribution in [-0.2, 0) is 9.53 Å². The van der Waals surface area contributed by atoms with Crippen molar-refractivity contribution in [2.75, 3.05) is 40.0 Å². The Labute approximate surface area is 123 Å². The molecule has 0 atom stereocenters. The molecule has 1 aromatic rings. The summed E-state index contributed by atoms with van der Waals surface area (Å²) in [5.41, 5.74) is 0.179. The summed E-state index contributed by atoms with van der Waals surface area (Å²) >= 11 is 0. The van der Waals surface area contributed by atoms with Crippen LogP contribution >= 0.6 is 0 Å². The predicted molar refractivity (Wildman–Crippen MR) is 76.7 cm³/mol. The van der Waals surface area contributed by atoms with Crippen molar-refractivity contribution in [3.63, 3.8) is 0 Å². The van der Waals surface area contributed by atoms with E-state index < -0.39 is 5.97 Å². The lowest BCUT2D eigenvalue weighted by Gasteiger charge is -2.08. The van der Waals surface area contributed by atoms with Crippen molar-refractivity contribution in [3.8, 4) is 5.75 Å². The monoisotopic (exact) mass is 296 g/mol. The van der Waals surface area contributed by atoms with Gasteiger partial charge in [0.2, 0.25) is 5.91 Å². The number of carboxylic acid groups (broad SMARTS) is 1. The number of amides is 1. The molecule has 0 aliphatic rings. The van der Waals surface area contributed by atoms with Crippen LogP contribution in [-0.4, -0.2) is 56.9 Å². The van der Waals surface area contributed by atoms with Gasteiger partial charge in [0.05, 0.1) is 18.7 Å². The lowest BCUT2D eigenvalue weighted by atomic mass is 10.2. The van der Waals surface area contributed by atoms with Crippen LogP contribution in [0, 0.1) is 0 Å². The van der Waals surface area contributed by atoms with E-state index in [0.717, 1.165) is 0 Å². The minimum atomic E-state index is -0.994. The van der Waals surface area contributed by atoms with Gasteiger partial charge in [-0.25, -0.2) is 4.79 Å². The molecule has 0 unspecified atom stereocenters. The van der Waals surface area contributed by atoms with Crippen molar-refractivity contribution < 1.29 is 24.2 Å². The second kappa shape index (κ2) is 9.73. The molecule has 116 valence electrons. The SMILES string of the molecule is COCCNC(=O)CNCCOc1cccc(C(=O)O)c1. The van der Waals surface area contributed by atoms with Gasteiger partial charge in [0.25, 0.3) is 0 Å². The van der Waals surface area contributed by atoms with E-state index in [1.807, 2.05) is 0 Å². The maximum atomic E-state index is 11.3. The van der Waals surface area contributed by atoms with Crippen LogP contribution in [0.3, 0.4) is 0 Å². The zero-order valence-electron chi connectivity index (χ0n) is 11.9. The number of rotatable bonds is 10. The van der Waals surface area contributed by atoms with Crippen LogP contribution in [0.5, 0.6) is 5.75 Å². The van der Waals surface area contributed by atoms with Gasteiger partial charge in [0.15, 0.2) is 0 Å². The summed E-state index contributed by atoms with van der Waals surface area (Å²) in [7, 11) is 1.57. The van der Waals surface area contributed by atoms with Crippen molar-refractivity contribution >= 4 is 11.9 Å². The van der Waals surface area contributed by atoms with Gasteiger partial charge >= 0.3 is 5.97 Å². The second-order valence-corrected chi connectivity index (χ2v) is 4.20. The van der Waals surface area contributed by atoms with Crippen molar-refractivity contribution in [3.05, 3.63) is 29.8 Å². The Morgan fingerprint density at radius 2 is 2.05 bits per heavy atom. The fourth-order valence-electron chi connectivity index (χ4n) is 1.52. The topological polar surface area (TPSA) is 96.9 Å². The van der Waals surface area contributed by atoms with Gasteiger partial charge in [0, 0.05) is 20.2 Å². The summed E-state index contributed by atoms with van der Waals surface area (Å²) in [5.74, 6) is -0.618. The lowest BCUT2D eigenvalue weighted by Crippen LogP contribution is -2.36. The fourth-order valence-corrected chi connectivity index (χ4v) is 1.52. The lowest BCUT2D eigenvalue weighted by molar-refractivity contribution is -0.120. The molecule has 0 fully saturated rings. The maximum absolute atomic E-state index is 11.3. The number of hydrogen-bond donors (Lipinski definition) is 3. The largest absolute Gasteiger partial charge is 0.492 e. The molecule has 0 aliphatic carbocycles. The number of methoxy groups -OCH3 is 1. The Morgan fingerprint density at radius 1 is 1.24 bits per heavy atom. The second-order valence-electron chi connectivity index (χ2n) is 4.20. The number of hydrogen-bond acceptors (Lipinski definition) is 5. The Balaban J connectivity index is 2.15. The van der Waals surface area contributed by atoms with Gasteiger partial charge in [-0.2, -0.15) is 0 Å². The van der Waals surface area contributed by atoms with Crippen molar-refractivity contribution in [1.29, 1.82) is 0 Å². The van der Waals surface area contributed by atoms with Crippen LogP contribution < -0.4 is 15.4 Å². The van der Waals surface area contributed by atoms with E-state index in [0.29, 0.717) is 32.1 Å². The summed E-state index contributed by atoms with van der Waals surface area (Å²) in [4.78, 5) is 22.1. The average Bonchev–Trinajstić information content (AvgIpc) is 2.47. The first-order valence-electron chi connectivity index (χ1n) is 6.56. The van der Waals surface area contributed by atoms with Crippen LogP contribution in [0.15, 0.2) is 24.3 Å². The van der Waals surface area contributed by atoms with E-state index in [1.165, 1.54) is 12.1 Å². The Bertz CT molecular complexity index is 464. The van der Waals surface area contributed by atoms with E-state index in [2.05, 4.69) is 10.6 Å². The number of nitrogens with one attached hydrogen (secondary N) is 2. The quantitative estimate of drug-likeness (QED) is 0.531. The molecule has 0 aromatic heterocycles. The van der Waals surface area contributed by atoms with Crippen LogP contribution in [0.4, 0.5) is 0 Å². The summed E-state index contributed by atoms with van der Waals surface area (Å²) in [5, 5.41) is 14.5. The molecular weight excluding hydrogens is 276 g/mol. The molecule has 0 heterocycles. The van der Waals surface area contributed by atoms with Gasteiger partial charge in [-0.3, -0.25) is 4.79 Å². The fraction of sp³-hybridized carbons (Fsp3) is 0.429. The van der Waals surface area contributed by atoms with Gasteiger partial charge in [-0.05, 0) is 18.2 Å². The molecule has 3 N–H and O–H groups in total. The first-order chi connectivity index (χ1) is 10.1. The van der Waals surface area contributed by atoms with Crippen LogP contribution in [0.1, 0.15) is 10.4 Å². The molecular formula is C14H20N2O5. The molecule has 0 saturated carbocycles. The summed E-state index contributed by atoms with van der Waals surface area (Å²) in [6.45, 7) is 1.98. The smallest absolute Gasteiger partial charge is 0.335 e. The molecule has 0 saturated heterocycles. The molecule has 0 bridgehead atoms. The van der Waals surface area contributed by atoms with Gasteiger partial charge in [-0.1, -0.05) is 6.07 Å². The number of carboxylic acids is 1. The third kappa shape index (κ3) is 7.28. The number of carbonyl (C=O) groups is 2. The predicted octanol–water partition coefficient (Wildman–Crippen LogP) is 0.116. The zero-order valence-corrected chi connectivity index (χ0v) is 11.9. The van der Waals surface area contributed by atoms with Crippen molar-refractivity contribution in [2.24, 2.45) is 0 Å². The number of carbonyl (C=O) groups excluding carboxylic acids is 1. The molecule has 21 heavy (non-hydrogen) atoms. The third-order valence-electron chi connectivity index (χ3n) is 2.54. The number of ether oxygens (including phenoxy) is 2. The van der Waals surface area contributed by atoms with Crippen LogP contribution in [0.25, 0.3) is 0 Å². The minimum Gasteiger partial charge on any atom is -0.492 e. The van der Waals surface area contributed by atoms with E-state index in [1.54, 1.807) is 19.2 Å². The van der Waals surface area contributed by atoms with Gasteiger partial charge in [-0.15, -0.1) is 0 Å². The highest BCUT2D eigenvalue weighted by atomic mass is 16.5. The van der Waals surface area contributed by atoms with E-state index >= 15 is 0 Å². The average molecular weight is 296 g/mol. The van der Waals surface area contributed by atoms with Gasteiger partial charge in [0.1, 0.15) is 12.4 Å². The highest BCUT2D eigenvalue weighted by molar-refractivity contribution is 5.88. The first-order valence-corrected chi connectivity index (χ1v) is 6.56. The highest BCUT2D eigenvalue weighted by Gasteiger charge is 2.04. The Morgan fingerprint density at radius 3 is 2.76 bits per heavy atom. The molecule has 1 amide bonds. The minimum absolute atomic E-state index is 0.111. The number of benzene rings is 1. The Kier molecular flexibility index (Phi) is 7.85. The van der Waals surface area contributed by atoms with Crippen molar-refractivity contribution in [2.45, 2.75) is 0 Å². The molecule has 0 aliphatic heterocycles. The molecule has 1 aromatic carbocycles. The molecule has 0 radical (unpaired) electrons. The standard InChI is InChI=1S/C14H20N2O5/c1-20-7-6-16-13(17)10-15-5-8-21-12-4-2-3-11(9-12)14(18)19/h2-4,9,15H,5-8,10H2,1H3,(H,16,17)(H,18,19). The maximum Gasteiger partial charge on any atom is 0.335 e. The van der Waals surface area contributed by atoms with E-state index in [9.17, 15) is 9.59 Å². The highest BCUT2D eigenvalue weighted by Crippen LogP contribution is 2.12. The molecule has 0 spiro atoms. The van der Waals surface area contributed by atoms with E-state index in [-0.39, 0.29) is 18.0 Å². The van der Waals surface area contributed by atoms with Crippen LogP contribution in [0.2, 0.25) is 0 Å². The zero-order chi connectivity index (χ0) is 15.5.